The zero-order valence-corrected chi connectivity index (χ0v) is 13.3. The van der Waals surface area contributed by atoms with E-state index in [-0.39, 0.29) is 18.0 Å². The molecule has 3 atom stereocenters. The average molecular weight is 346 g/mol. The molecule has 1 N–H and O–H groups in total. The smallest absolute Gasteiger partial charge is 0.450 e. The van der Waals surface area contributed by atoms with Crippen molar-refractivity contribution in [2.45, 2.75) is 31.7 Å². The van der Waals surface area contributed by atoms with Crippen molar-refractivity contribution < 1.29 is 33.3 Å². The first-order valence-electron chi connectivity index (χ1n) is 7.84. The second kappa shape index (κ2) is 5.34. The Morgan fingerprint density at radius 3 is 2.72 bits per heavy atom. The Morgan fingerprint density at radius 1 is 1.32 bits per heavy atom. The molecule has 7 heteroatoms. The summed E-state index contributed by atoms with van der Waals surface area (Å²) in [7, 11) is 0. The molecule has 1 aromatic rings. The molecule has 6 nitrogen and oxygen atoms in total. The maximum Gasteiger partial charge on any atom is 0.511 e. The second-order valence-electron chi connectivity index (χ2n) is 6.52. The van der Waals surface area contributed by atoms with Gasteiger partial charge in [-0.3, -0.25) is 4.79 Å². The van der Waals surface area contributed by atoms with E-state index in [4.69, 9.17) is 14.6 Å². The number of Topliss-reactive ketones (excluding diaryl/α,β-unsaturated/α-hetero) is 1. The van der Waals surface area contributed by atoms with Crippen molar-refractivity contribution in [3.05, 3.63) is 58.8 Å². The summed E-state index contributed by atoms with van der Waals surface area (Å²) in [4.78, 5) is 23.4. The van der Waals surface area contributed by atoms with Gasteiger partial charge in [0.2, 0.25) is 0 Å². The first-order valence-corrected chi connectivity index (χ1v) is 7.84. The van der Waals surface area contributed by atoms with E-state index in [1.807, 2.05) is 13.0 Å². The van der Waals surface area contributed by atoms with Crippen LogP contribution in [0.4, 0.5) is 9.18 Å². The number of ether oxygens (including phenoxy) is 3. The molecule has 0 fully saturated rings. The summed E-state index contributed by atoms with van der Waals surface area (Å²) in [5.74, 6) is -0.165. The third-order valence-electron chi connectivity index (χ3n) is 5.02. The highest BCUT2D eigenvalue weighted by Gasteiger charge is 2.52. The maximum absolute atomic E-state index is 13.2. The number of carbonyl (C=O) groups is 2. The van der Waals surface area contributed by atoms with Crippen LogP contribution in [0.1, 0.15) is 25.3 Å². The van der Waals surface area contributed by atoms with Gasteiger partial charge in [-0.25, -0.2) is 9.18 Å². The maximum atomic E-state index is 13.2. The molecule has 3 aliphatic rings. The van der Waals surface area contributed by atoms with Crippen molar-refractivity contribution in [3.8, 4) is 0 Å². The van der Waals surface area contributed by atoms with Gasteiger partial charge in [0.1, 0.15) is 11.6 Å². The van der Waals surface area contributed by atoms with Crippen molar-refractivity contribution in [1.29, 1.82) is 0 Å². The second-order valence-corrected chi connectivity index (χ2v) is 6.52. The first-order chi connectivity index (χ1) is 11.9. The quantitative estimate of drug-likeness (QED) is 0.828. The van der Waals surface area contributed by atoms with Crippen LogP contribution in [0.2, 0.25) is 0 Å². The van der Waals surface area contributed by atoms with Gasteiger partial charge in [0.05, 0.1) is 12.3 Å². The predicted octanol–water partition coefficient (Wildman–Crippen LogP) is 3.24. The van der Waals surface area contributed by atoms with E-state index in [2.05, 4.69) is 4.74 Å². The monoisotopic (exact) mass is 346 g/mol. The molecular formula is C18H15FO6. The Hall–Kier alpha value is -2.83. The summed E-state index contributed by atoms with van der Waals surface area (Å²) in [6.45, 7) is 0.562. The third-order valence-corrected chi connectivity index (χ3v) is 5.02. The molecule has 0 radical (unpaired) electrons. The molecule has 4 rings (SSSR count). The highest BCUT2D eigenvalue weighted by atomic mass is 19.1. The number of benzene rings is 1. The molecule has 3 unspecified atom stereocenters. The van der Waals surface area contributed by atoms with Crippen LogP contribution >= 0.6 is 0 Å². The molecule has 1 aromatic carbocycles. The number of fused-ring (bicyclic) bond motifs is 2. The Balaban J connectivity index is 1.66. The van der Waals surface area contributed by atoms with Crippen LogP contribution in [0.25, 0.3) is 0 Å². The molecule has 1 heterocycles. The van der Waals surface area contributed by atoms with Crippen molar-refractivity contribution in [3.63, 3.8) is 0 Å². The van der Waals surface area contributed by atoms with Gasteiger partial charge in [0.15, 0.2) is 11.5 Å². The molecule has 25 heavy (non-hydrogen) atoms. The van der Waals surface area contributed by atoms with Gasteiger partial charge in [-0.2, -0.15) is 0 Å². The zero-order valence-electron chi connectivity index (χ0n) is 13.3. The first kappa shape index (κ1) is 15.7. The average Bonchev–Trinajstić information content (AvgIpc) is 3.09. The van der Waals surface area contributed by atoms with Crippen molar-refractivity contribution in [1.82, 2.24) is 0 Å². The van der Waals surface area contributed by atoms with Gasteiger partial charge in [-0.1, -0.05) is 25.1 Å². The summed E-state index contributed by atoms with van der Waals surface area (Å²) in [5, 5.41) is 8.69. The Bertz CT molecular complexity index is 824. The fraction of sp³-hybridized carbons (Fsp3) is 0.333. The minimum absolute atomic E-state index is 0.00754. The van der Waals surface area contributed by atoms with Gasteiger partial charge in [0, 0.05) is 11.0 Å². The normalized spacial score (nSPS) is 30.2. The van der Waals surface area contributed by atoms with Crippen LogP contribution in [-0.4, -0.2) is 23.5 Å². The molecule has 0 spiro atoms. The van der Waals surface area contributed by atoms with E-state index in [0.29, 0.717) is 23.5 Å². The lowest BCUT2D eigenvalue weighted by Crippen LogP contribution is -2.37. The summed E-state index contributed by atoms with van der Waals surface area (Å²) < 4.78 is 28.5. The number of halogens is 1. The molecule has 0 bridgehead atoms. The number of carbonyl (C=O) groups excluding carboxylic acids is 1. The van der Waals surface area contributed by atoms with E-state index in [1.54, 1.807) is 12.1 Å². The summed E-state index contributed by atoms with van der Waals surface area (Å²) in [5.41, 5.74) is 1.02. The standard InChI is InChI=1S/C18H15FO6/c1-18(9-2-4-10(19)5-3-9)7-6-11-14(18)12(20)8-13-15(11)24-17(23-13)25-16(21)22/h2-6,14,17H,7-8H2,1H3,(H,21,22). The molecule has 1 aliphatic heterocycles. The van der Waals surface area contributed by atoms with E-state index >= 15 is 0 Å². The van der Waals surface area contributed by atoms with Crippen molar-refractivity contribution in [2.75, 3.05) is 0 Å². The van der Waals surface area contributed by atoms with Gasteiger partial charge in [0.25, 0.3) is 0 Å². The topological polar surface area (TPSA) is 82.1 Å². The summed E-state index contributed by atoms with van der Waals surface area (Å²) in [6, 6.07) is 6.13. The third kappa shape index (κ3) is 2.38. The molecule has 0 aromatic heterocycles. The minimum Gasteiger partial charge on any atom is -0.450 e. The molecule has 0 amide bonds. The number of rotatable bonds is 2. The number of allylic oxidation sites excluding steroid dienone is 3. The molecule has 0 saturated heterocycles. The molecule has 2 aliphatic carbocycles. The summed E-state index contributed by atoms with van der Waals surface area (Å²) in [6.07, 6.45) is 0.958. The van der Waals surface area contributed by atoms with Gasteiger partial charge in [-0.15, -0.1) is 0 Å². The van der Waals surface area contributed by atoms with Crippen LogP contribution in [0.15, 0.2) is 47.4 Å². The van der Waals surface area contributed by atoms with Gasteiger partial charge in [-0.05, 0) is 24.1 Å². The Morgan fingerprint density at radius 2 is 2.04 bits per heavy atom. The number of hydrogen-bond acceptors (Lipinski definition) is 5. The van der Waals surface area contributed by atoms with E-state index in [0.717, 1.165) is 5.56 Å². The fourth-order valence-corrected chi connectivity index (χ4v) is 3.87. The van der Waals surface area contributed by atoms with Gasteiger partial charge < -0.3 is 19.3 Å². The van der Waals surface area contributed by atoms with Crippen molar-refractivity contribution in [2.24, 2.45) is 5.92 Å². The Labute approximate surface area is 142 Å². The molecular weight excluding hydrogens is 331 g/mol. The van der Waals surface area contributed by atoms with Crippen LogP contribution in [0, 0.1) is 11.7 Å². The van der Waals surface area contributed by atoms with Crippen LogP contribution in [0.3, 0.4) is 0 Å². The zero-order chi connectivity index (χ0) is 17.8. The lowest BCUT2D eigenvalue weighted by atomic mass is 9.67. The van der Waals surface area contributed by atoms with E-state index < -0.39 is 24.0 Å². The largest absolute Gasteiger partial charge is 0.511 e. The van der Waals surface area contributed by atoms with E-state index in [1.165, 1.54) is 12.1 Å². The van der Waals surface area contributed by atoms with Crippen molar-refractivity contribution >= 4 is 11.9 Å². The SMILES string of the molecule is CC1(c2ccc(F)cc2)CC=C2C3=C(CC(=O)C21)OC(OC(=O)O)O3. The molecule has 0 saturated carbocycles. The lowest BCUT2D eigenvalue weighted by molar-refractivity contribution is -0.200. The summed E-state index contributed by atoms with van der Waals surface area (Å²) >= 11 is 0. The highest BCUT2D eigenvalue weighted by Crippen LogP contribution is 2.53. The van der Waals surface area contributed by atoms with Crippen LogP contribution in [-0.2, 0) is 24.4 Å². The van der Waals surface area contributed by atoms with Gasteiger partial charge >= 0.3 is 12.6 Å². The molecule has 130 valence electrons. The minimum atomic E-state index is -1.52. The predicted molar refractivity (Wildman–Crippen MR) is 81.7 cm³/mol. The lowest BCUT2D eigenvalue weighted by Gasteiger charge is -2.34. The number of ketones is 1. The number of hydrogen-bond donors (Lipinski definition) is 1. The van der Waals surface area contributed by atoms with Crippen LogP contribution in [0.5, 0.6) is 0 Å². The van der Waals surface area contributed by atoms with Crippen LogP contribution < -0.4 is 0 Å². The number of carboxylic acid groups (broad SMARTS) is 1. The van der Waals surface area contributed by atoms with E-state index in [9.17, 15) is 14.0 Å². The Kier molecular flexibility index (Phi) is 3.35. The highest BCUT2D eigenvalue weighted by molar-refractivity contribution is 5.91. The fourth-order valence-electron chi connectivity index (χ4n) is 3.87.